The van der Waals surface area contributed by atoms with Crippen LogP contribution >= 0.6 is 0 Å². The molecule has 0 aliphatic heterocycles. The molecule has 0 aromatic carbocycles. The topological polar surface area (TPSA) is 43.1 Å². The molecule has 0 aliphatic rings. The highest BCUT2D eigenvalue weighted by molar-refractivity contribution is 5.32. The number of hydrogen-bond donors (Lipinski definition) is 0. The molecule has 0 bridgehead atoms. The van der Waals surface area contributed by atoms with Crippen LogP contribution in [0.4, 0.5) is 0 Å². The van der Waals surface area contributed by atoms with Crippen LogP contribution in [0.3, 0.4) is 0 Å². The zero-order valence-electron chi connectivity index (χ0n) is 4.60. The molecule has 44 valence electrons. The van der Waals surface area contributed by atoms with Crippen molar-refractivity contribution in [1.29, 1.82) is 0 Å². The normalized spacial score (nSPS) is 10.2. The minimum Gasteiger partial charge on any atom is -0.234 e. The van der Waals surface area contributed by atoms with Gasteiger partial charge in [0.15, 0.2) is 5.65 Å². The van der Waals surface area contributed by atoms with Crippen LogP contribution < -0.4 is 0 Å². The van der Waals surface area contributed by atoms with Gasteiger partial charge in [0.05, 0.1) is 12.4 Å². The van der Waals surface area contributed by atoms with Crippen molar-refractivity contribution in [3.8, 4) is 0 Å². The first kappa shape index (κ1) is 4.43. The van der Waals surface area contributed by atoms with Crippen LogP contribution in [0.5, 0.6) is 0 Å². The van der Waals surface area contributed by atoms with Gasteiger partial charge < -0.3 is 0 Å². The van der Waals surface area contributed by atoms with E-state index in [1.807, 2.05) is 0 Å². The van der Waals surface area contributed by atoms with Gasteiger partial charge in [0.1, 0.15) is 0 Å². The van der Waals surface area contributed by atoms with Gasteiger partial charge in [-0.1, -0.05) is 0 Å². The molecule has 0 N–H and O–H groups in total. The van der Waals surface area contributed by atoms with Gasteiger partial charge in [-0.2, -0.15) is 10.2 Å². The van der Waals surface area contributed by atoms with Gasteiger partial charge in [0.25, 0.3) is 0 Å². The van der Waals surface area contributed by atoms with E-state index in [9.17, 15) is 0 Å². The van der Waals surface area contributed by atoms with Crippen molar-refractivity contribution in [2.24, 2.45) is 0 Å². The van der Waals surface area contributed by atoms with Crippen molar-refractivity contribution in [1.82, 2.24) is 19.8 Å². The summed E-state index contributed by atoms with van der Waals surface area (Å²) in [5.41, 5.74) is 0.775. The van der Waals surface area contributed by atoms with Crippen LogP contribution in [0, 0.1) is 0 Å². The van der Waals surface area contributed by atoms with Gasteiger partial charge in [-0.05, 0) is 0 Å². The fourth-order valence-electron chi connectivity index (χ4n) is 0.675. The summed E-state index contributed by atoms with van der Waals surface area (Å²) in [5, 5.41) is 7.75. The van der Waals surface area contributed by atoms with Gasteiger partial charge in [-0.15, -0.1) is 4.63 Å². The summed E-state index contributed by atoms with van der Waals surface area (Å²) in [6.07, 6.45) is 4.90. The first-order valence-electron chi connectivity index (χ1n) is 2.58. The molecule has 0 aliphatic carbocycles. The molecule has 2 heterocycles. The molecule has 2 aromatic heterocycles. The Morgan fingerprint density at radius 3 is 2.89 bits per heavy atom. The third kappa shape index (κ3) is 0.561. The lowest BCUT2D eigenvalue weighted by atomic mass is 10.7. The molecule has 4 heteroatoms. The SMILES string of the molecule is c1cnn2nccc2n1. The quantitative estimate of drug-likeness (QED) is 0.496. The van der Waals surface area contributed by atoms with Crippen molar-refractivity contribution in [2.45, 2.75) is 0 Å². The maximum Gasteiger partial charge on any atom is 0.175 e. The standard InChI is InChI=1S/C5H4N4/c1-2-7-9-5(1)6-3-4-8-9/h1-4H. The summed E-state index contributed by atoms with van der Waals surface area (Å²) < 4.78 is 1.47. The molecule has 2 rings (SSSR count). The zero-order valence-corrected chi connectivity index (χ0v) is 4.60. The Balaban J connectivity index is 2.95. The predicted octanol–water partition coefficient (Wildman–Crippen LogP) is 0.124. The largest absolute Gasteiger partial charge is 0.234 e. The van der Waals surface area contributed by atoms with E-state index in [1.165, 1.54) is 4.63 Å². The van der Waals surface area contributed by atoms with Gasteiger partial charge in [-0.3, -0.25) is 0 Å². The second kappa shape index (κ2) is 1.51. The highest BCUT2D eigenvalue weighted by Gasteiger charge is 1.88. The van der Waals surface area contributed by atoms with E-state index in [1.54, 1.807) is 24.7 Å². The van der Waals surface area contributed by atoms with Crippen LogP contribution in [0.1, 0.15) is 0 Å². The number of rotatable bonds is 0. The molecule has 4 nitrogen and oxygen atoms in total. The lowest BCUT2D eigenvalue weighted by Crippen LogP contribution is -1.92. The second-order valence-electron chi connectivity index (χ2n) is 1.62. The van der Waals surface area contributed by atoms with E-state index >= 15 is 0 Å². The Morgan fingerprint density at radius 2 is 2.00 bits per heavy atom. The van der Waals surface area contributed by atoms with Crippen molar-refractivity contribution < 1.29 is 0 Å². The first-order valence-corrected chi connectivity index (χ1v) is 2.58. The summed E-state index contributed by atoms with van der Waals surface area (Å²) in [5.74, 6) is 0. The molecule has 2 aromatic rings. The molecule has 0 saturated heterocycles. The average molecular weight is 120 g/mol. The minimum atomic E-state index is 0.775. The van der Waals surface area contributed by atoms with Gasteiger partial charge in [0, 0.05) is 12.3 Å². The van der Waals surface area contributed by atoms with E-state index in [2.05, 4.69) is 15.2 Å². The number of aromatic nitrogens is 4. The molecule has 9 heavy (non-hydrogen) atoms. The molecule has 0 spiro atoms. The lowest BCUT2D eigenvalue weighted by molar-refractivity contribution is 0.783. The van der Waals surface area contributed by atoms with E-state index in [0.29, 0.717) is 0 Å². The maximum absolute atomic E-state index is 3.98. The van der Waals surface area contributed by atoms with Crippen LogP contribution in [0.2, 0.25) is 0 Å². The summed E-state index contributed by atoms with van der Waals surface area (Å²) >= 11 is 0. The fourth-order valence-corrected chi connectivity index (χ4v) is 0.675. The molecule has 0 atom stereocenters. The molecule has 0 unspecified atom stereocenters. The summed E-state index contributed by atoms with van der Waals surface area (Å²) in [6, 6.07) is 1.80. The minimum absolute atomic E-state index is 0.775. The molecule has 0 radical (unpaired) electrons. The monoisotopic (exact) mass is 120 g/mol. The summed E-state index contributed by atoms with van der Waals surface area (Å²) in [6.45, 7) is 0. The van der Waals surface area contributed by atoms with Crippen LogP contribution in [0.25, 0.3) is 5.65 Å². The van der Waals surface area contributed by atoms with Crippen molar-refractivity contribution in [3.63, 3.8) is 0 Å². The predicted molar refractivity (Wildman–Crippen MR) is 30.8 cm³/mol. The van der Waals surface area contributed by atoms with Gasteiger partial charge in [0.2, 0.25) is 0 Å². The van der Waals surface area contributed by atoms with E-state index in [-0.39, 0.29) is 0 Å². The third-order valence-corrected chi connectivity index (χ3v) is 1.05. The lowest BCUT2D eigenvalue weighted by Gasteiger charge is -1.84. The molecule has 0 saturated carbocycles. The van der Waals surface area contributed by atoms with Gasteiger partial charge >= 0.3 is 0 Å². The van der Waals surface area contributed by atoms with Crippen LogP contribution in [0.15, 0.2) is 24.7 Å². The van der Waals surface area contributed by atoms with E-state index < -0.39 is 0 Å². The van der Waals surface area contributed by atoms with Crippen LogP contribution in [-0.4, -0.2) is 19.8 Å². The van der Waals surface area contributed by atoms with Crippen molar-refractivity contribution in [3.05, 3.63) is 24.7 Å². The summed E-state index contributed by atoms with van der Waals surface area (Å²) in [4.78, 5) is 3.98. The Bertz CT molecular complexity index is 283. The van der Waals surface area contributed by atoms with Crippen LogP contribution in [-0.2, 0) is 0 Å². The second-order valence-corrected chi connectivity index (χ2v) is 1.62. The Hall–Kier alpha value is -1.45. The maximum atomic E-state index is 3.98. The average Bonchev–Trinajstić information content (AvgIpc) is 2.33. The number of hydrogen-bond acceptors (Lipinski definition) is 3. The first-order chi connectivity index (χ1) is 4.47. The number of nitrogens with zero attached hydrogens (tertiary/aromatic N) is 4. The van der Waals surface area contributed by atoms with Crippen molar-refractivity contribution >= 4 is 5.65 Å². The molecular formula is C5H4N4. The zero-order chi connectivity index (χ0) is 6.10. The van der Waals surface area contributed by atoms with E-state index in [0.717, 1.165) is 5.65 Å². The van der Waals surface area contributed by atoms with E-state index in [4.69, 9.17) is 0 Å². The fraction of sp³-hybridized carbons (Fsp3) is 0. The summed E-state index contributed by atoms with van der Waals surface area (Å²) in [7, 11) is 0. The molecular weight excluding hydrogens is 116 g/mol. The van der Waals surface area contributed by atoms with Crippen molar-refractivity contribution in [2.75, 3.05) is 0 Å². The van der Waals surface area contributed by atoms with Gasteiger partial charge in [-0.25, -0.2) is 4.98 Å². The Kier molecular flexibility index (Phi) is 0.745. The third-order valence-electron chi connectivity index (χ3n) is 1.05. The smallest absolute Gasteiger partial charge is 0.175 e. The number of fused-ring (bicyclic) bond motifs is 1. The molecule has 0 amide bonds. The Morgan fingerprint density at radius 1 is 1.11 bits per heavy atom. The highest BCUT2D eigenvalue weighted by Crippen LogP contribution is 1.89. The molecule has 0 fully saturated rings. The highest BCUT2D eigenvalue weighted by atomic mass is 15.4. The Labute approximate surface area is 51.1 Å².